The highest BCUT2D eigenvalue weighted by molar-refractivity contribution is 8.00. The predicted molar refractivity (Wildman–Crippen MR) is 61.0 cm³/mol. The fraction of sp³-hybridized carbons (Fsp3) is 0.182. The highest BCUT2D eigenvalue weighted by Crippen LogP contribution is 2.27. The Balaban J connectivity index is 2.18. The van der Waals surface area contributed by atoms with E-state index in [-0.39, 0.29) is 5.97 Å². The number of aromatic nitrogens is 1. The second kappa shape index (κ2) is 4.40. The number of methoxy groups -OCH3 is 1. The minimum Gasteiger partial charge on any atom is -0.468 e. The molecular formula is C11H11NO2S. The second-order valence-electron chi connectivity index (χ2n) is 3.06. The van der Waals surface area contributed by atoms with Gasteiger partial charge in [-0.15, -0.1) is 11.8 Å². The molecular weight excluding hydrogens is 210 g/mol. The summed E-state index contributed by atoms with van der Waals surface area (Å²) in [7, 11) is 1.40. The van der Waals surface area contributed by atoms with Crippen LogP contribution in [0.5, 0.6) is 0 Å². The largest absolute Gasteiger partial charge is 0.468 e. The quantitative estimate of drug-likeness (QED) is 0.639. The van der Waals surface area contributed by atoms with Gasteiger partial charge in [0, 0.05) is 22.0 Å². The van der Waals surface area contributed by atoms with Crippen LogP contribution in [0.1, 0.15) is 0 Å². The van der Waals surface area contributed by atoms with Gasteiger partial charge in [-0.05, 0) is 6.07 Å². The normalized spacial score (nSPS) is 10.5. The van der Waals surface area contributed by atoms with Gasteiger partial charge < -0.3 is 9.72 Å². The molecule has 0 fully saturated rings. The van der Waals surface area contributed by atoms with Crippen molar-refractivity contribution in [2.45, 2.75) is 4.90 Å². The minimum atomic E-state index is -0.203. The van der Waals surface area contributed by atoms with E-state index in [0.29, 0.717) is 5.75 Å². The molecule has 0 aliphatic carbocycles. The number of ether oxygens (including phenoxy) is 1. The summed E-state index contributed by atoms with van der Waals surface area (Å²) in [6.45, 7) is 0. The standard InChI is InChI=1S/C11H11NO2S/c1-14-11(13)7-15-10-6-12-9-5-3-2-4-8(9)10/h2-6,12H,7H2,1H3. The summed E-state index contributed by atoms with van der Waals surface area (Å²) in [4.78, 5) is 15.2. The van der Waals surface area contributed by atoms with Gasteiger partial charge in [-0.2, -0.15) is 0 Å². The van der Waals surface area contributed by atoms with Crippen molar-refractivity contribution in [1.29, 1.82) is 0 Å². The van der Waals surface area contributed by atoms with Crippen LogP contribution in [0.3, 0.4) is 0 Å². The van der Waals surface area contributed by atoms with E-state index in [2.05, 4.69) is 9.72 Å². The van der Waals surface area contributed by atoms with Crippen LogP contribution in [0.2, 0.25) is 0 Å². The Bertz CT molecular complexity index is 478. The Morgan fingerprint density at radius 3 is 3.07 bits per heavy atom. The maximum absolute atomic E-state index is 11.0. The molecule has 0 saturated carbocycles. The van der Waals surface area contributed by atoms with Crippen LogP contribution < -0.4 is 0 Å². The molecule has 4 heteroatoms. The average molecular weight is 221 g/mol. The molecule has 0 aliphatic heterocycles. The Morgan fingerprint density at radius 1 is 1.47 bits per heavy atom. The lowest BCUT2D eigenvalue weighted by Crippen LogP contribution is -2.02. The third-order valence-electron chi connectivity index (χ3n) is 2.12. The van der Waals surface area contributed by atoms with E-state index in [0.717, 1.165) is 15.8 Å². The number of hydrogen-bond donors (Lipinski definition) is 1. The predicted octanol–water partition coefficient (Wildman–Crippen LogP) is 2.43. The molecule has 0 aliphatic rings. The van der Waals surface area contributed by atoms with Gasteiger partial charge in [0.2, 0.25) is 0 Å². The molecule has 1 N–H and O–H groups in total. The first-order valence-corrected chi connectivity index (χ1v) is 5.55. The van der Waals surface area contributed by atoms with Crippen LogP contribution in [0.25, 0.3) is 10.9 Å². The van der Waals surface area contributed by atoms with Crippen LogP contribution in [0.15, 0.2) is 35.4 Å². The van der Waals surface area contributed by atoms with Gasteiger partial charge in [0.25, 0.3) is 0 Å². The third-order valence-corrected chi connectivity index (χ3v) is 3.15. The van der Waals surface area contributed by atoms with E-state index in [1.165, 1.54) is 18.9 Å². The first-order chi connectivity index (χ1) is 7.31. The van der Waals surface area contributed by atoms with E-state index in [1.807, 2.05) is 30.5 Å². The molecule has 15 heavy (non-hydrogen) atoms. The van der Waals surface area contributed by atoms with E-state index in [1.54, 1.807) is 0 Å². The van der Waals surface area contributed by atoms with E-state index < -0.39 is 0 Å². The highest BCUT2D eigenvalue weighted by Gasteiger charge is 2.06. The maximum atomic E-state index is 11.0. The third kappa shape index (κ3) is 2.15. The fourth-order valence-corrected chi connectivity index (χ4v) is 2.23. The number of esters is 1. The SMILES string of the molecule is COC(=O)CSc1c[nH]c2ccccc12. The van der Waals surface area contributed by atoms with Crippen molar-refractivity contribution in [3.8, 4) is 0 Å². The molecule has 0 spiro atoms. The summed E-state index contributed by atoms with van der Waals surface area (Å²) < 4.78 is 4.59. The number of carbonyl (C=O) groups is 1. The number of benzene rings is 1. The van der Waals surface area contributed by atoms with Crippen LogP contribution in [-0.2, 0) is 9.53 Å². The monoisotopic (exact) mass is 221 g/mol. The molecule has 0 saturated heterocycles. The molecule has 1 aromatic carbocycles. The molecule has 2 aromatic rings. The molecule has 3 nitrogen and oxygen atoms in total. The van der Waals surface area contributed by atoms with Crippen molar-refractivity contribution in [1.82, 2.24) is 4.98 Å². The van der Waals surface area contributed by atoms with Crippen molar-refractivity contribution in [2.24, 2.45) is 0 Å². The number of nitrogens with one attached hydrogen (secondary N) is 1. The fourth-order valence-electron chi connectivity index (χ4n) is 1.36. The van der Waals surface area contributed by atoms with Gasteiger partial charge in [-0.25, -0.2) is 0 Å². The topological polar surface area (TPSA) is 42.1 Å². The number of thioether (sulfide) groups is 1. The number of fused-ring (bicyclic) bond motifs is 1. The van der Waals surface area contributed by atoms with Gasteiger partial charge in [-0.3, -0.25) is 4.79 Å². The van der Waals surface area contributed by atoms with Crippen molar-refractivity contribution in [3.05, 3.63) is 30.5 Å². The van der Waals surface area contributed by atoms with Gasteiger partial charge in [0.1, 0.15) is 0 Å². The summed E-state index contributed by atoms with van der Waals surface area (Å²) in [5.74, 6) is 0.142. The Kier molecular flexibility index (Phi) is 2.97. The number of para-hydroxylation sites is 1. The average Bonchev–Trinajstić information content (AvgIpc) is 2.69. The molecule has 0 unspecified atom stereocenters. The zero-order valence-electron chi connectivity index (χ0n) is 8.32. The molecule has 1 aromatic heterocycles. The second-order valence-corrected chi connectivity index (χ2v) is 4.08. The van der Waals surface area contributed by atoms with Crippen molar-refractivity contribution < 1.29 is 9.53 Å². The molecule has 0 amide bonds. The lowest BCUT2D eigenvalue weighted by molar-refractivity contribution is -0.137. The Morgan fingerprint density at radius 2 is 2.27 bits per heavy atom. The summed E-state index contributed by atoms with van der Waals surface area (Å²) >= 11 is 1.48. The minimum absolute atomic E-state index is 0.203. The van der Waals surface area contributed by atoms with E-state index in [9.17, 15) is 4.79 Å². The number of aromatic amines is 1. The first-order valence-electron chi connectivity index (χ1n) is 4.57. The summed E-state index contributed by atoms with van der Waals surface area (Å²) in [5.41, 5.74) is 1.09. The Labute approximate surface area is 91.8 Å². The zero-order valence-corrected chi connectivity index (χ0v) is 9.14. The van der Waals surface area contributed by atoms with Gasteiger partial charge in [0.05, 0.1) is 12.9 Å². The lowest BCUT2D eigenvalue weighted by Gasteiger charge is -1.98. The molecule has 0 atom stereocenters. The molecule has 78 valence electrons. The Hall–Kier alpha value is -1.42. The number of carbonyl (C=O) groups excluding carboxylic acids is 1. The van der Waals surface area contributed by atoms with E-state index in [4.69, 9.17) is 0 Å². The van der Waals surface area contributed by atoms with Crippen molar-refractivity contribution in [3.63, 3.8) is 0 Å². The summed E-state index contributed by atoms with van der Waals surface area (Å²) in [5, 5.41) is 1.14. The van der Waals surface area contributed by atoms with E-state index >= 15 is 0 Å². The molecule has 0 bridgehead atoms. The van der Waals surface area contributed by atoms with Crippen LogP contribution in [0.4, 0.5) is 0 Å². The van der Waals surface area contributed by atoms with Crippen molar-refractivity contribution in [2.75, 3.05) is 12.9 Å². The first kappa shape index (κ1) is 10.1. The van der Waals surface area contributed by atoms with Crippen LogP contribution in [0, 0.1) is 0 Å². The van der Waals surface area contributed by atoms with Crippen molar-refractivity contribution >= 4 is 28.6 Å². The number of H-pyrrole nitrogens is 1. The van der Waals surface area contributed by atoms with Crippen LogP contribution >= 0.6 is 11.8 Å². The number of hydrogen-bond acceptors (Lipinski definition) is 3. The van der Waals surface area contributed by atoms with Crippen LogP contribution in [-0.4, -0.2) is 23.8 Å². The molecule has 0 radical (unpaired) electrons. The summed E-state index contributed by atoms with van der Waals surface area (Å²) in [6, 6.07) is 8.01. The van der Waals surface area contributed by atoms with Gasteiger partial charge in [0.15, 0.2) is 0 Å². The number of rotatable bonds is 3. The maximum Gasteiger partial charge on any atom is 0.315 e. The smallest absolute Gasteiger partial charge is 0.315 e. The van der Waals surface area contributed by atoms with Gasteiger partial charge in [-0.1, -0.05) is 18.2 Å². The molecule has 1 heterocycles. The zero-order chi connectivity index (χ0) is 10.7. The van der Waals surface area contributed by atoms with Gasteiger partial charge >= 0.3 is 5.97 Å². The summed E-state index contributed by atoms with van der Waals surface area (Å²) in [6.07, 6.45) is 1.91. The lowest BCUT2D eigenvalue weighted by atomic mass is 10.2. The molecule has 2 rings (SSSR count). The highest BCUT2D eigenvalue weighted by atomic mass is 32.2.